The van der Waals surface area contributed by atoms with E-state index in [1.54, 1.807) is 18.7 Å². The second-order valence-electron chi connectivity index (χ2n) is 8.91. The normalized spacial score (nSPS) is 21.1. The minimum absolute atomic E-state index is 0.0194. The van der Waals surface area contributed by atoms with Crippen molar-refractivity contribution in [2.45, 2.75) is 46.0 Å². The molecule has 0 saturated carbocycles. The van der Waals surface area contributed by atoms with Crippen LogP contribution in [0.15, 0.2) is 35.5 Å². The van der Waals surface area contributed by atoms with Crippen LogP contribution in [0.2, 0.25) is 0 Å². The van der Waals surface area contributed by atoms with Gasteiger partial charge in [0.2, 0.25) is 0 Å². The summed E-state index contributed by atoms with van der Waals surface area (Å²) in [6, 6.07) is 2.64. The molecule has 2 aliphatic rings. The average Bonchev–Trinajstić information content (AvgIpc) is 2.83. The molecular weight excluding hydrogens is 491 g/mol. The molecule has 1 saturated heterocycles. The molecule has 0 aromatic heterocycles. The van der Waals surface area contributed by atoms with Gasteiger partial charge in [-0.15, -0.1) is 0 Å². The summed E-state index contributed by atoms with van der Waals surface area (Å²) in [6.45, 7) is 9.27. The standard InChI is InChI=1S/C25H34F3N5O4/c1-5-29-23(35)33-13-12-31(14-16(33)4)15-19-20(22(34)37-7-3)21(30-24(36)32(19)6-2)17-10-8-9-11-18(17)25(26,27)28/h8-11,16,21H,5-7,12-15H2,1-4H3,(H,29,35)(H,30,36)/t16-,21-/m1/s1. The van der Waals surface area contributed by atoms with Crippen molar-refractivity contribution in [3.8, 4) is 0 Å². The summed E-state index contributed by atoms with van der Waals surface area (Å²) in [5, 5.41) is 5.38. The number of nitrogens with one attached hydrogen (secondary N) is 2. The van der Waals surface area contributed by atoms with Crippen molar-refractivity contribution in [3.05, 3.63) is 46.7 Å². The first-order chi connectivity index (χ1) is 17.5. The third kappa shape index (κ3) is 6.17. The van der Waals surface area contributed by atoms with Gasteiger partial charge in [0.1, 0.15) is 0 Å². The number of nitrogens with zero attached hydrogens (tertiary/aromatic N) is 3. The van der Waals surface area contributed by atoms with E-state index in [0.29, 0.717) is 31.9 Å². The maximum absolute atomic E-state index is 13.9. The van der Waals surface area contributed by atoms with Crippen LogP contribution in [-0.4, -0.2) is 84.6 Å². The van der Waals surface area contributed by atoms with Crippen LogP contribution in [0.1, 0.15) is 44.9 Å². The number of hydrogen-bond acceptors (Lipinski definition) is 5. The number of carbonyl (C=O) groups excluding carboxylic acids is 3. The van der Waals surface area contributed by atoms with Crippen LogP contribution in [0.5, 0.6) is 0 Å². The molecule has 0 unspecified atom stereocenters. The lowest BCUT2D eigenvalue weighted by molar-refractivity contribution is -0.141. The maximum Gasteiger partial charge on any atom is 0.416 e. The van der Waals surface area contributed by atoms with Crippen molar-refractivity contribution in [3.63, 3.8) is 0 Å². The Labute approximate surface area is 214 Å². The first-order valence-corrected chi connectivity index (χ1v) is 12.4. The second-order valence-corrected chi connectivity index (χ2v) is 8.91. The first-order valence-electron chi connectivity index (χ1n) is 12.4. The van der Waals surface area contributed by atoms with Crippen molar-refractivity contribution in [1.29, 1.82) is 0 Å². The van der Waals surface area contributed by atoms with Crippen molar-refractivity contribution in [1.82, 2.24) is 25.3 Å². The highest BCUT2D eigenvalue weighted by molar-refractivity contribution is 5.95. The van der Waals surface area contributed by atoms with Crippen LogP contribution in [0.3, 0.4) is 0 Å². The molecule has 1 aromatic carbocycles. The SMILES string of the molecule is CCNC(=O)N1CCN(CC2=C(C(=O)OCC)[C@@H](c3ccccc3C(F)(F)F)NC(=O)N2CC)C[C@H]1C. The van der Waals surface area contributed by atoms with Crippen LogP contribution in [-0.2, 0) is 15.7 Å². The average molecular weight is 526 g/mol. The van der Waals surface area contributed by atoms with Crippen LogP contribution in [0.25, 0.3) is 0 Å². The molecule has 0 radical (unpaired) electrons. The van der Waals surface area contributed by atoms with Gasteiger partial charge in [-0.2, -0.15) is 13.2 Å². The number of piperazine rings is 1. The fourth-order valence-electron chi connectivity index (χ4n) is 4.84. The Morgan fingerprint density at radius 1 is 1.16 bits per heavy atom. The maximum atomic E-state index is 13.9. The van der Waals surface area contributed by atoms with Gasteiger partial charge in [-0.1, -0.05) is 18.2 Å². The summed E-state index contributed by atoms with van der Waals surface area (Å²) >= 11 is 0. The molecule has 0 spiro atoms. The minimum Gasteiger partial charge on any atom is -0.463 e. The molecular formula is C25H34F3N5O4. The van der Waals surface area contributed by atoms with Crippen LogP contribution in [0, 0.1) is 0 Å². The summed E-state index contributed by atoms with van der Waals surface area (Å²) in [5.74, 6) is -0.785. The number of urea groups is 2. The molecule has 4 amide bonds. The number of hydrogen-bond donors (Lipinski definition) is 2. The lowest BCUT2D eigenvalue weighted by Crippen LogP contribution is -2.58. The number of ether oxygens (including phenoxy) is 1. The van der Waals surface area contributed by atoms with Gasteiger partial charge in [0.05, 0.1) is 23.8 Å². The van der Waals surface area contributed by atoms with Crippen LogP contribution < -0.4 is 10.6 Å². The van der Waals surface area contributed by atoms with E-state index in [1.807, 2.05) is 18.7 Å². The molecule has 2 atom stereocenters. The monoisotopic (exact) mass is 525 g/mol. The van der Waals surface area contributed by atoms with Crippen molar-refractivity contribution in [2.75, 3.05) is 45.9 Å². The predicted molar refractivity (Wildman–Crippen MR) is 130 cm³/mol. The fourth-order valence-corrected chi connectivity index (χ4v) is 4.84. The van der Waals surface area contributed by atoms with E-state index in [9.17, 15) is 27.6 Å². The van der Waals surface area contributed by atoms with E-state index in [1.165, 1.54) is 23.1 Å². The van der Waals surface area contributed by atoms with E-state index in [2.05, 4.69) is 10.6 Å². The van der Waals surface area contributed by atoms with Gasteiger partial charge in [-0.3, -0.25) is 9.80 Å². The number of esters is 1. The number of alkyl halides is 3. The Morgan fingerprint density at radius 3 is 2.46 bits per heavy atom. The van der Waals surface area contributed by atoms with Gasteiger partial charge >= 0.3 is 24.2 Å². The zero-order valence-corrected chi connectivity index (χ0v) is 21.5. The van der Waals surface area contributed by atoms with Gasteiger partial charge < -0.3 is 20.3 Å². The summed E-state index contributed by atoms with van der Waals surface area (Å²) in [5.41, 5.74) is -0.895. The van der Waals surface area contributed by atoms with E-state index in [0.717, 1.165) is 6.07 Å². The smallest absolute Gasteiger partial charge is 0.416 e. The van der Waals surface area contributed by atoms with Gasteiger partial charge in [-0.05, 0) is 39.3 Å². The zero-order valence-electron chi connectivity index (χ0n) is 21.5. The van der Waals surface area contributed by atoms with Gasteiger partial charge in [-0.25, -0.2) is 14.4 Å². The third-order valence-corrected chi connectivity index (χ3v) is 6.50. The number of amides is 4. The molecule has 9 nitrogen and oxygen atoms in total. The molecule has 0 aliphatic carbocycles. The highest BCUT2D eigenvalue weighted by atomic mass is 19.4. The Kier molecular flexibility index (Phi) is 9.06. The predicted octanol–water partition coefficient (Wildman–Crippen LogP) is 3.34. The van der Waals surface area contributed by atoms with Crippen LogP contribution in [0.4, 0.5) is 22.8 Å². The van der Waals surface area contributed by atoms with Crippen molar-refractivity contribution >= 4 is 18.0 Å². The summed E-state index contributed by atoms with van der Waals surface area (Å²) < 4.78 is 46.9. The molecule has 204 valence electrons. The van der Waals surface area contributed by atoms with E-state index < -0.39 is 29.8 Å². The van der Waals surface area contributed by atoms with Gasteiger partial charge in [0, 0.05) is 51.0 Å². The number of rotatable bonds is 7. The molecule has 37 heavy (non-hydrogen) atoms. The molecule has 2 heterocycles. The van der Waals surface area contributed by atoms with E-state index in [4.69, 9.17) is 4.74 Å². The highest BCUT2D eigenvalue weighted by Crippen LogP contribution is 2.39. The second kappa shape index (κ2) is 11.8. The van der Waals surface area contributed by atoms with Gasteiger partial charge in [0.25, 0.3) is 0 Å². The zero-order chi connectivity index (χ0) is 27.3. The molecule has 12 heteroatoms. The molecule has 2 aliphatic heterocycles. The Bertz CT molecular complexity index is 1050. The van der Waals surface area contributed by atoms with Crippen molar-refractivity contribution in [2.24, 2.45) is 0 Å². The molecule has 1 aromatic rings. The molecule has 3 rings (SSSR count). The van der Waals surface area contributed by atoms with E-state index >= 15 is 0 Å². The Balaban J connectivity index is 2.05. The first kappa shape index (κ1) is 28.3. The summed E-state index contributed by atoms with van der Waals surface area (Å²) in [4.78, 5) is 43.7. The van der Waals surface area contributed by atoms with Crippen molar-refractivity contribution < 1.29 is 32.3 Å². The third-order valence-electron chi connectivity index (χ3n) is 6.50. The Morgan fingerprint density at radius 2 is 1.86 bits per heavy atom. The number of benzene rings is 1. The summed E-state index contributed by atoms with van der Waals surface area (Å²) in [7, 11) is 0. The quantitative estimate of drug-likeness (QED) is 0.533. The largest absolute Gasteiger partial charge is 0.463 e. The number of likely N-dealkylation sites (N-methyl/N-ethyl adjacent to an activating group) is 1. The minimum atomic E-state index is -4.69. The van der Waals surface area contributed by atoms with E-state index in [-0.39, 0.29) is 42.9 Å². The van der Waals surface area contributed by atoms with Crippen LogP contribution >= 0.6 is 0 Å². The number of carbonyl (C=O) groups is 3. The summed E-state index contributed by atoms with van der Waals surface area (Å²) in [6.07, 6.45) is -4.69. The number of halogens is 3. The lowest BCUT2D eigenvalue weighted by Gasteiger charge is -2.43. The highest BCUT2D eigenvalue weighted by Gasteiger charge is 2.43. The fraction of sp³-hybridized carbons (Fsp3) is 0.560. The molecule has 0 bridgehead atoms. The lowest BCUT2D eigenvalue weighted by atomic mass is 9.90. The Hall–Kier alpha value is -3.28. The van der Waals surface area contributed by atoms with Gasteiger partial charge in [0.15, 0.2) is 0 Å². The molecule has 2 N–H and O–H groups in total. The topological polar surface area (TPSA) is 94.2 Å². The molecule has 1 fully saturated rings.